The van der Waals surface area contributed by atoms with Gasteiger partial charge in [-0.1, -0.05) is 30.3 Å². The quantitative estimate of drug-likeness (QED) is 0.180. The van der Waals surface area contributed by atoms with E-state index in [4.69, 9.17) is 4.74 Å². The van der Waals surface area contributed by atoms with Crippen molar-refractivity contribution in [3.8, 4) is 0 Å². The Morgan fingerprint density at radius 2 is 1.44 bits per heavy atom. The SMILES string of the molecule is COC(=O)C1(c2ccc([N+](=O)[O-])cc2)c2ccccc2N2C(C(=O)c3ccc([N+](=O)[O-])cc3)C21. The zero-order valence-electron chi connectivity index (χ0n) is 17.8. The van der Waals surface area contributed by atoms with Crippen LogP contribution in [0.4, 0.5) is 17.1 Å². The van der Waals surface area contributed by atoms with E-state index in [2.05, 4.69) is 0 Å². The molecule has 2 aliphatic heterocycles. The van der Waals surface area contributed by atoms with Gasteiger partial charge < -0.3 is 9.64 Å². The highest BCUT2D eigenvalue weighted by Crippen LogP contribution is 2.60. The van der Waals surface area contributed by atoms with Crippen LogP contribution in [0.2, 0.25) is 0 Å². The molecule has 0 amide bonds. The van der Waals surface area contributed by atoms with Gasteiger partial charge >= 0.3 is 5.97 Å². The topological polar surface area (TPSA) is 133 Å². The Balaban J connectivity index is 1.63. The number of hydrogen-bond acceptors (Lipinski definition) is 8. The summed E-state index contributed by atoms with van der Waals surface area (Å²) < 4.78 is 5.21. The van der Waals surface area contributed by atoms with E-state index in [9.17, 15) is 29.8 Å². The highest BCUT2D eigenvalue weighted by molar-refractivity contribution is 6.11. The van der Waals surface area contributed by atoms with E-state index in [-0.39, 0.29) is 22.7 Å². The summed E-state index contributed by atoms with van der Waals surface area (Å²) in [5.41, 5.74) is 0.467. The number of carbonyl (C=O) groups is 2. The molecule has 5 rings (SSSR count). The minimum absolute atomic E-state index is 0.124. The van der Waals surface area contributed by atoms with Crippen molar-refractivity contribution < 1.29 is 24.2 Å². The van der Waals surface area contributed by atoms with Gasteiger partial charge in [0.25, 0.3) is 11.4 Å². The summed E-state index contributed by atoms with van der Waals surface area (Å²) in [5.74, 6) is -0.870. The average Bonchev–Trinajstić information content (AvgIpc) is 3.52. The predicted octanol–water partition coefficient (Wildman–Crippen LogP) is 3.42. The first kappa shape index (κ1) is 21.3. The fourth-order valence-corrected chi connectivity index (χ4v) is 5.04. The minimum Gasteiger partial charge on any atom is -0.468 e. The Kier molecular flexibility index (Phi) is 4.67. The molecule has 0 aromatic heterocycles. The predicted molar refractivity (Wildman–Crippen MR) is 120 cm³/mol. The average molecular weight is 459 g/mol. The number of ether oxygens (including phenoxy) is 1. The van der Waals surface area contributed by atoms with E-state index in [0.717, 1.165) is 0 Å². The Bertz CT molecular complexity index is 1350. The summed E-state index contributed by atoms with van der Waals surface area (Å²) >= 11 is 0. The van der Waals surface area contributed by atoms with Crippen LogP contribution in [0, 0.1) is 20.2 Å². The maximum Gasteiger partial charge on any atom is 0.323 e. The van der Waals surface area contributed by atoms with Crippen LogP contribution in [-0.4, -0.2) is 40.8 Å². The molecule has 1 fully saturated rings. The zero-order valence-corrected chi connectivity index (χ0v) is 17.8. The number of Topliss-reactive ketones (excluding diaryl/α,β-unsaturated/α-hetero) is 1. The van der Waals surface area contributed by atoms with Gasteiger partial charge in [0, 0.05) is 35.5 Å². The van der Waals surface area contributed by atoms with Crippen molar-refractivity contribution in [1.29, 1.82) is 0 Å². The third-order valence-electron chi connectivity index (χ3n) is 6.53. The molecule has 3 atom stereocenters. The highest BCUT2D eigenvalue weighted by Gasteiger charge is 2.73. The molecule has 3 unspecified atom stereocenters. The first-order chi connectivity index (χ1) is 16.3. The Morgan fingerprint density at radius 1 is 0.882 bits per heavy atom. The van der Waals surface area contributed by atoms with Crippen molar-refractivity contribution >= 4 is 28.8 Å². The lowest BCUT2D eigenvalue weighted by molar-refractivity contribution is -0.385. The fourth-order valence-electron chi connectivity index (χ4n) is 5.04. The molecule has 170 valence electrons. The smallest absolute Gasteiger partial charge is 0.323 e. The van der Waals surface area contributed by atoms with E-state index < -0.39 is 33.3 Å². The molecule has 3 aromatic carbocycles. The second-order valence-electron chi connectivity index (χ2n) is 8.09. The summed E-state index contributed by atoms with van der Waals surface area (Å²) in [6, 6.07) is 16.8. The Hall–Kier alpha value is -4.60. The molecule has 2 aliphatic rings. The van der Waals surface area contributed by atoms with Crippen molar-refractivity contribution in [1.82, 2.24) is 0 Å². The summed E-state index contributed by atoms with van der Waals surface area (Å²) in [7, 11) is 1.26. The number of nitro benzene ring substituents is 2. The third kappa shape index (κ3) is 2.81. The van der Waals surface area contributed by atoms with Gasteiger partial charge in [0.2, 0.25) is 0 Å². The van der Waals surface area contributed by atoms with Gasteiger partial charge in [-0.3, -0.25) is 29.8 Å². The number of hydrogen-bond donors (Lipinski definition) is 0. The van der Waals surface area contributed by atoms with Gasteiger partial charge in [0.1, 0.15) is 11.5 Å². The molecule has 0 spiro atoms. The molecule has 10 heteroatoms. The van der Waals surface area contributed by atoms with Gasteiger partial charge in [-0.25, -0.2) is 0 Å². The molecule has 34 heavy (non-hydrogen) atoms. The lowest BCUT2D eigenvalue weighted by Crippen LogP contribution is -2.44. The van der Waals surface area contributed by atoms with Crippen LogP contribution >= 0.6 is 0 Å². The third-order valence-corrected chi connectivity index (χ3v) is 6.53. The van der Waals surface area contributed by atoms with Crippen molar-refractivity contribution in [3.63, 3.8) is 0 Å². The van der Waals surface area contributed by atoms with E-state index in [1.807, 2.05) is 11.0 Å². The van der Waals surface area contributed by atoms with Gasteiger partial charge in [-0.05, 0) is 29.3 Å². The van der Waals surface area contributed by atoms with Gasteiger partial charge in [-0.2, -0.15) is 0 Å². The molecule has 0 radical (unpaired) electrons. The molecule has 1 saturated heterocycles. The number of nitro groups is 2. The Morgan fingerprint density at radius 3 is 2.00 bits per heavy atom. The number of non-ortho nitro benzene ring substituents is 2. The number of fused-ring (bicyclic) bond motifs is 3. The fraction of sp³-hybridized carbons (Fsp3) is 0.167. The molecular formula is C24H17N3O7. The van der Waals surface area contributed by atoms with Gasteiger partial charge in [0.05, 0.1) is 23.0 Å². The molecule has 2 heterocycles. The second-order valence-corrected chi connectivity index (χ2v) is 8.09. The van der Waals surface area contributed by atoms with Crippen molar-refractivity contribution in [2.75, 3.05) is 12.0 Å². The second kappa shape index (κ2) is 7.48. The number of carbonyl (C=O) groups excluding carboxylic acids is 2. The number of para-hydroxylation sites is 1. The summed E-state index contributed by atoms with van der Waals surface area (Å²) in [5, 5.41) is 22.1. The standard InChI is InChI=1S/C24H17N3O7/c1-34-23(29)24(15-8-12-17(13-9-15)27(32)33)18-4-2-3-5-19(18)25-20(22(24)25)21(28)14-6-10-16(11-7-14)26(30)31/h2-13,20,22H,1H3. The Labute approximate surface area is 192 Å². The van der Waals surface area contributed by atoms with Gasteiger partial charge in [0.15, 0.2) is 5.78 Å². The lowest BCUT2D eigenvalue weighted by atomic mass is 9.70. The monoisotopic (exact) mass is 459 g/mol. The van der Waals surface area contributed by atoms with Crippen LogP contribution in [0.25, 0.3) is 0 Å². The molecule has 0 N–H and O–H groups in total. The number of benzene rings is 3. The number of ketones is 1. The number of methoxy groups -OCH3 is 1. The minimum atomic E-state index is -1.37. The van der Waals surface area contributed by atoms with Crippen molar-refractivity contribution in [2.45, 2.75) is 17.5 Å². The lowest BCUT2D eigenvalue weighted by Gasteiger charge is -2.29. The summed E-state index contributed by atoms with van der Waals surface area (Å²) in [4.78, 5) is 49.7. The normalized spacial score (nSPS) is 21.9. The zero-order chi connectivity index (χ0) is 24.2. The number of rotatable bonds is 6. The molecule has 10 nitrogen and oxygen atoms in total. The first-order valence-corrected chi connectivity index (χ1v) is 10.3. The number of esters is 1. The van der Waals surface area contributed by atoms with Crippen LogP contribution < -0.4 is 4.90 Å². The molecule has 0 bridgehead atoms. The summed E-state index contributed by atoms with van der Waals surface area (Å²) in [6.45, 7) is 0. The summed E-state index contributed by atoms with van der Waals surface area (Å²) in [6.07, 6.45) is 0. The molecule has 3 aromatic rings. The van der Waals surface area contributed by atoms with E-state index in [0.29, 0.717) is 16.8 Å². The van der Waals surface area contributed by atoms with Crippen molar-refractivity contribution in [2.24, 2.45) is 0 Å². The molecule has 0 aliphatic carbocycles. The van der Waals surface area contributed by atoms with Crippen LogP contribution in [0.3, 0.4) is 0 Å². The largest absolute Gasteiger partial charge is 0.468 e. The van der Waals surface area contributed by atoms with E-state index in [1.54, 1.807) is 18.2 Å². The van der Waals surface area contributed by atoms with Crippen LogP contribution in [0.15, 0.2) is 72.8 Å². The van der Waals surface area contributed by atoms with E-state index in [1.165, 1.54) is 55.6 Å². The first-order valence-electron chi connectivity index (χ1n) is 10.3. The van der Waals surface area contributed by atoms with Crippen LogP contribution in [0.5, 0.6) is 0 Å². The highest BCUT2D eigenvalue weighted by atomic mass is 16.6. The van der Waals surface area contributed by atoms with Crippen molar-refractivity contribution in [3.05, 3.63) is 110 Å². The molecular weight excluding hydrogens is 442 g/mol. The maximum absolute atomic E-state index is 13.4. The van der Waals surface area contributed by atoms with Gasteiger partial charge in [-0.15, -0.1) is 0 Å². The van der Waals surface area contributed by atoms with Crippen LogP contribution in [0.1, 0.15) is 21.5 Å². The molecule has 0 saturated carbocycles. The van der Waals surface area contributed by atoms with E-state index >= 15 is 0 Å². The van der Waals surface area contributed by atoms with Crippen LogP contribution in [-0.2, 0) is 14.9 Å². The number of anilines is 1. The number of nitrogens with zero attached hydrogens (tertiary/aromatic N) is 3. The maximum atomic E-state index is 13.4.